The van der Waals surface area contributed by atoms with Gasteiger partial charge in [0.05, 0.1) is 6.54 Å². The van der Waals surface area contributed by atoms with Crippen molar-refractivity contribution in [3.63, 3.8) is 0 Å². The van der Waals surface area contributed by atoms with Crippen molar-refractivity contribution in [2.24, 2.45) is 17.2 Å². The van der Waals surface area contributed by atoms with Crippen molar-refractivity contribution in [2.75, 3.05) is 18.8 Å². The van der Waals surface area contributed by atoms with E-state index in [1.807, 2.05) is 0 Å². The average Bonchev–Trinajstić information content (AvgIpc) is 2.62. The van der Waals surface area contributed by atoms with E-state index in [1.54, 1.807) is 0 Å². The number of ketones is 1. The molecule has 0 radical (unpaired) electrons. The fourth-order valence-corrected chi connectivity index (χ4v) is 2.21. The van der Waals surface area contributed by atoms with Gasteiger partial charge in [-0.2, -0.15) is 12.6 Å². The second kappa shape index (κ2) is 13.1. The van der Waals surface area contributed by atoms with Crippen molar-refractivity contribution >= 4 is 42.0 Å². The topological polar surface area (TPSA) is 200 Å². The van der Waals surface area contributed by atoms with E-state index >= 15 is 0 Å². The Bertz CT molecular complexity index is 559. The van der Waals surface area contributed by atoms with Gasteiger partial charge < -0.3 is 33.2 Å². The van der Waals surface area contributed by atoms with Gasteiger partial charge in [0, 0.05) is 5.75 Å². The first-order valence-electron chi connectivity index (χ1n) is 8.37. The lowest BCUT2D eigenvalue weighted by molar-refractivity contribution is -0.132. The Morgan fingerprint density at radius 2 is 1.63 bits per heavy atom. The zero-order valence-corrected chi connectivity index (χ0v) is 16.1. The van der Waals surface area contributed by atoms with Crippen LogP contribution < -0.4 is 33.2 Å². The molecule has 0 saturated carbocycles. The van der Waals surface area contributed by atoms with Crippen molar-refractivity contribution in [3.8, 4) is 0 Å². The van der Waals surface area contributed by atoms with Crippen LogP contribution in [0.15, 0.2) is 0 Å². The van der Waals surface area contributed by atoms with E-state index in [4.69, 9.17) is 17.2 Å². The van der Waals surface area contributed by atoms with Gasteiger partial charge in [-0.15, -0.1) is 0 Å². The minimum Gasteiger partial charge on any atom is -0.368 e. The summed E-state index contributed by atoms with van der Waals surface area (Å²) in [7, 11) is 0. The molecular weight excluding hydrogens is 376 g/mol. The molecule has 0 aromatic rings. The third-order valence-electron chi connectivity index (χ3n) is 3.58. The third kappa shape index (κ3) is 9.92. The van der Waals surface area contributed by atoms with Crippen LogP contribution in [-0.4, -0.2) is 66.4 Å². The van der Waals surface area contributed by atoms with Gasteiger partial charge >= 0.3 is 0 Å². The molecule has 11 nitrogen and oxygen atoms in total. The Balaban J connectivity index is 4.60. The lowest BCUT2D eigenvalue weighted by Crippen LogP contribution is -2.55. The maximum atomic E-state index is 12.2. The highest BCUT2D eigenvalue weighted by Gasteiger charge is 2.25. The van der Waals surface area contributed by atoms with E-state index < -0.39 is 54.1 Å². The van der Waals surface area contributed by atoms with Gasteiger partial charge in [-0.1, -0.05) is 0 Å². The highest BCUT2D eigenvalue weighted by Crippen LogP contribution is 2.01. The van der Waals surface area contributed by atoms with E-state index in [2.05, 4.69) is 28.6 Å². The standard InChI is InChI=1S/C15H28N6O5S/c1-8(22)12(17)15(26)19-6-11(23)20-10(7-27)14(25)21-9(13(18)24)4-2-3-5-16/h9-10,12,27H,2-7,16-17H2,1H3,(H2,18,24)(H,19,26)(H,20,23)(H,21,25)/t9-,10-,12-/m0/s1. The van der Waals surface area contributed by atoms with Gasteiger partial charge in [0.15, 0.2) is 5.78 Å². The van der Waals surface area contributed by atoms with Crippen LogP contribution in [0.3, 0.4) is 0 Å². The van der Waals surface area contributed by atoms with E-state index in [0.29, 0.717) is 25.8 Å². The smallest absolute Gasteiger partial charge is 0.245 e. The number of thiol groups is 1. The summed E-state index contributed by atoms with van der Waals surface area (Å²) in [5.41, 5.74) is 16.0. The van der Waals surface area contributed by atoms with Crippen molar-refractivity contribution in [2.45, 2.75) is 44.3 Å². The van der Waals surface area contributed by atoms with Gasteiger partial charge in [-0.3, -0.25) is 24.0 Å². The lowest BCUT2D eigenvalue weighted by Gasteiger charge is -2.21. The maximum absolute atomic E-state index is 12.2. The lowest BCUT2D eigenvalue weighted by atomic mass is 10.1. The number of rotatable bonds is 13. The Labute approximate surface area is 162 Å². The molecule has 3 atom stereocenters. The Kier molecular flexibility index (Phi) is 12.0. The fraction of sp³-hybridized carbons (Fsp3) is 0.667. The van der Waals surface area contributed by atoms with E-state index in [-0.39, 0.29) is 5.75 Å². The summed E-state index contributed by atoms with van der Waals surface area (Å²) in [5, 5.41) is 7.01. The van der Waals surface area contributed by atoms with Gasteiger partial charge in [-0.25, -0.2) is 0 Å². The summed E-state index contributed by atoms with van der Waals surface area (Å²) >= 11 is 4.00. The second-order valence-corrected chi connectivity index (χ2v) is 6.22. The Morgan fingerprint density at radius 3 is 2.11 bits per heavy atom. The summed E-state index contributed by atoms with van der Waals surface area (Å²) in [6.07, 6.45) is 1.60. The zero-order chi connectivity index (χ0) is 21.0. The molecule has 0 fully saturated rings. The van der Waals surface area contributed by atoms with Crippen molar-refractivity contribution in [1.29, 1.82) is 0 Å². The number of amides is 4. The van der Waals surface area contributed by atoms with Crippen LogP contribution in [0.4, 0.5) is 0 Å². The fourth-order valence-electron chi connectivity index (χ4n) is 1.95. The number of Topliss-reactive ketones (excluding diaryl/α,β-unsaturated/α-hetero) is 1. The predicted octanol–water partition coefficient (Wildman–Crippen LogP) is -3.47. The first-order valence-corrected chi connectivity index (χ1v) is 9.01. The van der Waals surface area contributed by atoms with E-state index in [9.17, 15) is 24.0 Å². The van der Waals surface area contributed by atoms with E-state index in [0.717, 1.165) is 6.92 Å². The van der Waals surface area contributed by atoms with Crippen molar-refractivity contribution < 1.29 is 24.0 Å². The van der Waals surface area contributed by atoms with Crippen LogP contribution in [0, 0.1) is 0 Å². The molecule has 0 aromatic heterocycles. The molecule has 0 saturated heterocycles. The molecule has 0 spiro atoms. The number of nitrogens with two attached hydrogens (primary N) is 3. The number of primary amides is 1. The van der Waals surface area contributed by atoms with Crippen LogP contribution in [0.5, 0.6) is 0 Å². The summed E-state index contributed by atoms with van der Waals surface area (Å²) in [5.74, 6) is -3.43. The molecule has 0 aliphatic carbocycles. The second-order valence-electron chi connectivity index (χ2n) is 5.86. The molecule has 0 rings (SSSR count). The van der Waals surface area contributed by atoms with Gasteiger partial charge in [0.1, 0.15) is 18.1 Å². The zero-order valence-electron chi connectivity index (χ0n) is 15.2. The maximum Gasteiger partial charge on any atom is 0.245 e. The summed E-state index contributed by atoms with van der Waals surface area (Å²) in [6.45, 7) is 1.12. The molecule has 0 bridgehead atoms. The van der Waals surface area contributed by atoms with Crippen LogP contribution in [0.2, 0.25) is 0 Å². The van der Waals surface area contributed by atoms with Crippen molar-refractivity contribution in [1.82, 2.24) is 16.0 Å². The third-order valence-corrected chi connectivity index (χ3v) is 3.95. The molecule has 9 N–H and O–H groups in total. The van der Waals surface area contributed by atoms with E-state index in [1.165, 1.54) is 0 Å². The number of hydrogen-bond donors (Lipinski definition) is 7. The largest absolute Gasteiger partial charge is 0.368 e. The molecule has 4 amide bonds. The van der Waals surface area contributed by atoms with Gasteiger partial charge in [0.25, 0.3) is 0 Å². The predicted molar refractivity (Wildman–Crippen MR) is 101 cm³/mol. The number of hydrogen-bond acceptors (Lipinski definition) is 8. The summed E-state index contributed by atoms with van der Waals surface area (Å²) < 4.78 is 0. The van der Waals surface area contributed by atoms with Crippen LogP contribution in [0.25, 0.3) is 0 Å². The quantitative estimate of drug-likeness (QED) is 0.0938. The highest BCUT2D eigenvalue weighted by atomic mass is 32.1. The molecular formula is C15H28N6O5S. The molecule has 0 aromatic carbocycles. The van der Waals surface area contributed by atoms with Crippen LogP contribution >= 0.6 is 12.6 Å². The van der Waals surface area contributed by atoms with Crippen LogP contribution in [-0.2, 0) is 24.0 Å². The molecule has 27 heavy (non-hydrogen) atoms. The minimum absolute atomic E-state index is 0.0488. The summed E-state index contributed by atoms with van der Waals surface area (Å²) in [4.78, 5) is 58.1. The molecule has 154 valence electrons. The Hall–Kier alpha value is -2.18. The SMILES string of the molecule is CC(=O)[C@H](N)C(=O)NCC(=O)N[C@@H](CS)C(=O)N[C@@H](CCCCN)C(N)=O. The monoisotopic (exact) mass is 404 g/mol. The Morgan fingerprint density at radius 1 is 1.00 bits per heavy atom. The number of unbranched alkanes of at least 4 members (excludes halogenated alkanes) is 1. The number of nitrogens with one attached hydrogen (secondary N) is 3. The number of carbonyl (C=O) groups is 5. The van der Waals surface area contributed by atoms with Gasteiger partial charge in [0.2, 0.25) is 23.6 Å². The van der Waals surface area contributed by atoms with Crippen molar-refractivity contribution in [3.05, 3.63) is 0 Å². The molecule has 12 heteroatoms. The highest BCUT2D eigenvalue weighted by molar-refractivity contribution is 7.80. The first-order chi connectivity index (χ1) is 12.6. The molecule has 0 unspecified atom stereocenters. The van der Waals surface area contributed by atoms with Crippen LogP contribution in [0.1, 0.15) is 26.2 Å². The molecule has 0 heterocycles. The summed E-state index contributed by atoms with van der Waals surface area (Å²) in [6, 6.07) is -3.31. The molecule has 0 aliphatic heterocycles. The molecule has 0 aliphatic rings. The number of carbonyl (C=O) groups excluding carboxylic acids is 5. The van der Waals surface area contributed by atoms with Gasteiger partial charge in [-0.05, 0) is 32.7 Å². The average molecular weight is 404 g/mol. The normalized spacial score (nSPS) is 13.8. The minimum atomic E-state index is -1.37. The first kappa shape index (κ1) is 24.8.